The Labute approximate surface area is 190 Å². The van der Waals surface area contributed by atoms with Crippen LogP contribution in [0.2, 0.25) is 0 Å². The molecule has 0 saturated heterocycles. The van der Waals surface area contributed by atoms with Crippen molar-refractivity contribution in [2.45, 2.75) is 25.3 Å². The van der Waals surface area contributed by atoms with Gasteiger partial charge in [0.05, 0.1) is 17.9 Å². The summed E-state index contributed by atoms with van der Waals surface area (Å²) in [5, 5.41) is 0. The number of pyridine rings is 1. The number of carbonyl (C=O) groups is 1. The van der Waals surface area contributed by atoms with Crippen molar-refractivity contribution in [1.82, 2.24) is 9.29 Å². The third-order valence-corrected chi connectivity index (χ3v) is 7.06. The van der Waals surface area contributed by atoms with Gasteiger partial charge in [0.25, 0.3) is 5.91 Å². The summed E-state index contributed by atoms with van der Waals surface area (Å²) in [6, 6.07) is 10.6. The first-order valence-electron chi connectivity index (χ1n) is 10.2. The smallest absolute Gasteiger partial charge is 0.258 e. The van der Waals surface area contributed by atoms with Crippen LogP contribution in [0.1, 0.15) is 29.9 Å². The highest BCUT2D eigenvalue weighted by molar-refractivity contribution is 7.89. The lowest BCUT2D eigenvalue weighted by Crippen LogP contribution is -2.33. The average molecular weight is 478 g/mol. The highest BCUT2D eigenvalue weighted by Crippen LogP contribution is 2.26. The van der Waals surface area contributed by atoms with Gasteiger partial charge >= 0.3 is 0 Å². The van der Waals surface area contributed by atoms with Gasteiger partial charge in [-0.15, -0.1) is 0 Å². The molecule has 0 aliphatic carbocycles. The molecule has 0 aliphatic rings. The summed E-state index contributed by atoms with van der Waals surface area (Å²) in [6.45, 7) is 3.27. The Bertz CT molecular complexity index is 1250. The molecule has 0 spiro atoms. The molecule has 3 rings (SSSR count). The zero-order valence-corrected chi connectivity index (χ0v) is 18.8. The molecule has 0 aliphatic heterocycles. The van der Waals surface area contributed by atoms with Crippen molar-refractivity contribution >= 4 is 21.6 Å². The average Bonchev–Trinajstić information content (AvgIpc) is 2.79. The SMILES string of the molecule is CCN(CC)S(=O)(=O)c1cc(C(=O)N(Cc2ccccn2)c2ccc(F)cc2F)ccc1F. The van der Waals surface area contributed by atoms with E-state index in [9.17, 15) is 26.4 Å². The zero-order chi connectivity index (χ0) is 24.2. The summed E-state index contributed by atoms with van der Waals surface area (Å²) in [6.07, 6.45) is 1.49. The normalized spacial score (nSPS) is 11.6. The maximum Gasteiger partial charge on any atom is 0.258 e. The molecule has 0 radical (unpaired) electrons. The van der Waals surface area contributed by atoms with Crippen molar-refractivity contribution in [3.8, 4) is 0 Å². The second-order valence-corrected chi connectivity index (χ2v) is 8.95. The van der Waals surface area contributed by atoms with Crippen molar-refractivity contribution in [3.63, 3.8) is 0 Å². The van der Waals surface area contributed by atoms with Gasteiger partial charge < -0.3 is 0 Å². The molecule has 1 aromatic heterocycles. The van der Waals surface area contributed by atoms with Gasteiger partial charge in [-0.2, -0.15) is 4.31 Å². The van der Waals surface area contributed by atoms with Crippen molar-refractivity contribution in [3.05, 3.63) is 89.5 Å². The predicted octanol–water partition coefficient (Wildman–Crippen LogP) is 4.38. The third kappa shape index (κ3) is 5.23. The third-order valence-electron chi connectivity index (χ3n) is 4.99. The fraction of sp³-hybridized carbons (Fsp3) is 0.217. The fourth-order valence-corrected chi connectivity index (χ4v) is 4.86. The maximum atomic E-state index is 14.6. The van der Waals surface area contributed by atoms with Gasteiger partial charge in [-0.1, -0.05) is 19.9 Å². The monoisotopic (exact) mass is 477 g/mol. The quantitative estimate of drug-likeness (QED) is 0.483. The number of nitrogens with zero attached hydrogens (tertiary/aromatic N) is 3. The molecule has 3 aromatic rings. The molecule has 1 heterocycles. The van der Waals surface area contributed by atoms with Crippen LogP contribution in [-0.2, 0) is 16.6 Å². The second-order valence-electron chi connectivity index (χ2n) is 7.04. The van der Waals surface area contributed by atoms with E-state index >= 15 is 0 Å². The predicted molar refractivity (Wildman–Crippen MR) is 118 cm³/mol. The number of aromatic nitrogens is 1. The van der Waals surface area contributed by atoms with Crippen LogP contribution in [0.5, 0.6) is 0 Å². The number of hydrogen-bond acceptors (Lipinski definition) is 4. The minimum atomic E-state index is -4.20. The molecule has 174 valence electrons. The number of rotatable bonds is 8. The summed E-state index contributed by atoms with van der Waals surface area (Å²) >= 11 is 0. The van der Waals surface area contributed by atoms with Crippen LogP contribution in [0.25, 0.3) is 0 Å². The van der Waals surface area contributed by atoms with Crippen molar-refractivity contribution in [2.24, 2.45) is 0 Å². The Morgan fingerprint density at radius 1 is 0.939 bits per heavy atom. The maximum absolute atomic E-state index is 14.6. The van der Waals surface area contributed by atoms with E-state index in [-0.39, 0.29) is 30.9 Å². The van der Waals surface area contributed by atoms with Gasteiger partial charge in [0.1, 0.15) is 22.3 Å². The topological polar surface area (TPSA) is 70.6 Å². The number of hydrogen-bond donors (Lipinski definition) is 0. The Morgan fingerprint density at radius 2 is 1.67 bits per heavy atom. The van der Waals surface area contributed by atoms with Crippen LogP contribution in [0.15, 0.2) is 65.7 Å². The second kappa shape index (κ2) is 10.1. The first-order chi connectivity index (χ1) is 15.7. The van der Waals surface area contributed by atoms with Crippen LogP contribution in [-0.4, -0.2) is 36.7 Å². The zero-order valence-electron chi connectivity index (χ0n) is 18.0. The van der Waals surface area contributed by atoms with Crippen LogP contribution in [0.4, 0.5) is 18.9 Å². The number of amides is 1. The van der Waals surface area contributed by atoms with Gasteiger partial charge in [-0.05, 0) is 42.5 Å². The van der Waals surface area contributed by atoms with E-state index in [0.29, 0.717) is 11.8 Å². The summed E-state index contributed by atoms with van der Waals surface area (Å²) < 4.78 is 69.3. The van der Waals surface area contributed by atoms with E-state index < -0.39 is 38.3 Å². The first-order valence-corrected chi connectivity index (χ1v) is 11.6. The van der Waals surface area contributed by atoms with E-state index in [0.717, 1.165) is 39.5 Å². The number of anilines is 1. The first kappa shape index (κ1) is 24.4. The van der Waals surface area contributed by atoms with E-state index in [1.807, 2.05) is 0 Å². The number of halogens is 3. The van der Waals surface area contributed by atoms with Gasteiger partial charge in [0.2, 0.25) is 10.0 Å². The Morgan fingerprint density at radius 3 is 2.27 bits per heavy atom. The standard InChI is InChI=1S/C23H22F3N3O3S/c1-3-28(4-2)33(31,32)22-13-16(8-10-19(22)25)23(30)29(15-18-7-5-6-12-27-18)21-11-9-17(24)14-20(21)26/h5-14H,3-4,15H2,1-2H3. The molecule has 0 bridgehead atoms. The van der Waals surface area contributed by atoms with Gasteiger partial charge in [0.15, 0.2) is 0 Å². The molecule has 0 fully saturated rings. The highest BCUT2D eigenvalue weighted by atomic mass is 32.2. The molecule has 33 heavy (non-hydrogen) atoms. The minimum Gasteiger partial charge on any atom is -0.299 e. The Hall–Kier alpha value is -3.24. The molecule has 6 nitrogen and oxygen atoms in total. The molecular weight excluding hydrogens is 455 g/mol. The molecular formula is C23H22F3N3O3S. The molecule has 1 amide bonds. The lowest BCUT2D eigenvalue weighted by Gasteiger charge is -2.24. The van der Waals surface area contributed by atoms with Crippen molar-refractivity contribution < 1.29 is 26.4 Å². The van der Waals surface area contributed by atoms with E-state index in [1.54, 1.807) is 32.0 Å². The molecule has 10 heteroatoms. The molecule has 2 aromatic carbocycles. The summed E-state index contributed by atoms with van der Waals surface area (Å²) in [5.74, 6) is -3.63. The van der Waals surface area contributed by atoms with Gasteiger partial charge in [0, 0.05) is 30.9 Å². The largest absolute Gasteiger partial charge is 0.299 e. The summed E-state index contributed by atoms with van der Waals surface area (Å²) in [7, 11) is -4.20. The Balaban J connectivity index is 2.10. The lowest BCUT2D eigenvalue weighted by atomic mass is 10.1. The molecule has 0 saturated carbocycles. The summed E-state index contributed by atoms with van der Waals surface area (Å²) in [4.78, 5) is 17.9. The summed E-state index contributed by atoms with van der Waals surface area (Å²) in [5.41, 5.74) is -0.000937. The van der Waals surface area contributed by atoms with Crippen LogP contribution >= 0.6 is 0 Å². The molecule has 0 unspecified atom stereocenters. The molecule has 0 atom stereocenters. The van der Waals surface area contributed by atoms with E-state index in [1.165, 1.54) is 6.20 Å². The number of sulfonamides is 1. The van der Waals surface area contributed by atoms with Crippen LogP contribution in [0.3, 0.4) is 0 Å². The minimum absolute atomic E-state index is 0.114. The van der Waals surface area contributed by atoms with E-state index in [2.05, 4.69) is 4.98 Å². The fourth-order valence-electron chi connectivity index (χ4n) is 3.31. The molecule has 0 N–H and O–H groups in total. The Kier molecular flexibility index (Phi) is 7.50. The number of benzene rings is 2. The van der Waals surface area contributed by atoms with Gasteiger partial charge in [-0.3, -0.25) is 14.7 Å². The number of carbonyl (C=O) groups excluding carboxylic acids is 1. The van der Waals surface area contributed by atoms with Crippen molar-refractivity contribution in [2.75, 3.05) is 18.0 Å². The highest BCUT2D eigenvalue weighted by Gasteiger charge is 2.28. The van der Waals surface area contributed by atoms with Crippen LogP contribution < -0.4 is 4.90 Å². The van der Waals surface area contributed by atoms with Gasteiger partial charge in [-0.25, -0.2) is 21.6 Å². The van der Waals surface area contributed by atoms with Crippen LogP contribution in [0, 0.1) is 17.5 Å². The van der Waals surface area contributed by atoms with E-state index in [4.69, 9.17) is 0 Å². The van der Waals surface area contributed by atoms with Crippen molar-refractivity contribution in [1.29, 1.82) is 0 Å². The lowest BCUT2D eigenvalue weighted by molar-refractivity contribution is 0.0983.